The summed E-state index contributed by atoms with van der Waals surface area (Å²) in [6.07, 6.45) is 9.86. The van der Waals surface area contributed by atoms with Gasteiger partial charge >= 0.3 is 5.97 Å². The van der Waals surface area contributed by atoms with E-state index in [-0.39, 0.29) is 17.5 Å². The predicted molar refractivity (Wildman–Crippen MR) is 75.7 cm³/mol. The van der Waals surface area contributed by atoms with Gasteiger partial charge in [0.05, 0.1) is 0 Å². The minimum absolute atomic E-state index is 0.117. The largest absolute Gasteiger partial charge is 0.462 e. The Morgan fingerprint density at radius 2 is 2.05 bits per heavy atom. The Morgan fingerprint density at radius 1 is 1.32 bits per heavy atom. The fourth-order valence-corrected chi connectivity index (χ4v) is 5.34. The molecule has 0 aromatic heterocycles. The molecule has 1 spiro atoms. The van der Waals surface area contributed by atoms with Crippen LogP contribution in [0.3, 0.4) is 0 Å². The molecule has 0 radical (unpaired) electrons. The molecule has 3 unspecified atom stereocenters. The molecule has 106 valence electrons. The summed E-state index contributed by atoms with van der Waals surface area (Å²) in [5.74, 6) is -0.117. The van der Waals surface area contributed by atoms with E-state index < -0.39 is 0 Å². The molecule has 4 atom stereocenters. The number of rotatable bonds is 1. The van der Waals surface area contributed by atoms with Crippen LogP contribution in [0.5, 0.6) is 0 Å². The summed E-state index contributed by atoms with van der Waals surface area (Å²) in [5.41, 5.74) is 2.58. The van der Waals surface area contributed by atoms with Crippen LogP contribution in [0.4, 0.5) is 0 Å². The number of allylic oxidation sites excluding steroid dienone is 2. The van der Waals surface area contributed by atoms with E-state index in [1.165, 1.54) is 32.1 Å². The summed E-state index contributed by atoms with van der Waals surface area (Å²) in [7, 11) is 0. The Bertz CT molecular complexity index is 452. The maximum atomic E-state index is 11.3. The highest BCUT2D eigenvalue weighted by Crippen LogP contribution is 2.68. The van der Waals surface area contributed by atoms with Crippen LogP contribution in [-0.2, 0) is 9.53 Å². The van der Waals surface area contributed by atoms with Crippen LogP contribution in [0.25, 0.3) is 0 Å². The zero-order chi connectivity index (χ0) is 13.9. The molecule has 0 aromatic rings. The Labute approximate surface area is 116 Å². The van der Waals surface area contributed by atoms with Gasteiger partial charge in [0.2, 0.25) is 0 Å². The van der Waals surface area contributed by atoms with E-state index in [0.29, 0.717) is 10.8 Å². The Morgan fingerprint density at radius 3 is 2.74 bits per heavy atom. The summed E-state index contributed by atoms with van der Waals surface area (Å²) in [4.78, 5) is 11.3. The van der Waals surface area contributed by atoms with Crippen LogP contribution in [0, 0.1) is 16.2 Å². The van der Waals surface area contributed by atoms with Gasteiger partial charge in [0, 0.05) is 12.3 Å². The van der Waals surface area contributed by atoms with Crippen molar-refractivity contribution >= 4 is 5.97 Å². The van der Waals surface area contributed by atoms with Crippen LogP contribution in [0.1, 0.15) is 66.2 Å². The van der Waals surface area contributed by atoms with Crippen LogP contribution in [0.2, 0.25) is 0 Å². The van der Waals surface area contributed by atoms with Gasteiger partial charge in [0.25, 0.3) is 0 Å². The second-order valence-electron chi connectivity index (χ2n) is 7.85. The zero-order valence-electron chi connectivity index (χ0n) is 12.7. The van der Waals surface area contributed by atoms with Gasteiger partial charge in [-0.3, -0.25) is 4.79 Å². The van der Waals surface area contributed by atoms with Crippen molar-refractivity contribution in [2.45, 2.75) is 72.3 Å². The monoisotopic (exact) mass is 262 g/mol. The van der Waals surface area contributed by atoms with Crippen molar-refractivity contribution in [2.24, 2.45) is 16.2 Å². The first-order chi connectivity index (χ1) is 8.79. The minimum atomic E-state index is -0.117. The molecule has 0 saturated heterocycles. The van der Waals surface area contributed by atoms with Crippen molar-refractivity contribution in [2.75, 3.05) is 0 Å². The van der Waals surface area contributed by atoms with E-state index in [4.69, 9.17) is 4.74 Å². The first-order valence-electron chi connectivity index (χ1n) is 7.64. The van der Waals surface area contributed by atoms with E-state index in [2.05, 4.69) is 26.8 Å². The molecule has 2 nitrogen and oxygen atoms in total. The topological polar surface area (TPSA) is 26.3 Å². The summed E-state index contributed by atoms with van der Waals surface area (Å²) >= 11 is 0. The highest BCUT2D eigenvalue weighted by molar-refractivity contribution is 5.66. The molecule has 2 heteroatoms. The number of ether oxygens (including phenoxy) is 1. The summed E-state index contributed by atoms with van der Waals surface area (Å²) in [5, 5.41) is 0. The van der Waals surface area contributed by atoms with Crippen LogP contribution in [-0.4, -0.2) is 12.1 Å². The molecule has 0 heterocycles. The van der Waals surface area contributed by atoms with Crippen LogP contribution in [0.15, 0.2) is 11.6 Å². The standard InChI is InChI=1S/C17H26O2/c1-12-9-16(4)8-7-15(3)11-17(16,10-12)6-5-14(15)19-13(2)18/h10,14H,5-9,11H2,1-4H3/t14-,15?,16?,17?/m0/s1. The van der Waals surface area contributed by atoms with Gasteiger partial charge in [0.1, 0.15) is 6.10 Å². The smallest absolute Gasteiger partial charge is 0.302 e. The molecular formula is C17H26O2. The molecule has 0 amide bonds. The lowest BCUT2D eigenvalue weighted by Gasteiger charge is -2.59. The Balaban J connectivity index is 1.92. The van der Waals surface area contributed by atoms with Gasteiger partial charge in [-0.1, -0.05) is 25.5 Å². The second-order valence-corrected chi connectivity index (χ2v) is 7.85. The van der Waals surface area contributed by atoms with E-state index in [1.807, 2.05) is 0 Å². The first-order valence-corrected chi connectivity index (χ1v) is 7.64. The van der Waals surface area contributed by atoms with E-state index in [0.717, 1.165) is 6.42 Å². The minimum Gasteiger partial charge on any atom is -0.462 e. The molecule has 19 heavy (non-hydrogen) atoms. The van der Waals surface area contributed by atoms with Crippen molar-refractivity contribution in [3.8, 4) is 0 Å². The summed E-state index contributed by atoms with van der Waals surface area (Å²) in [6.45, 7) is 8.64. The number of carbonyl (C=O) groups excluding carboxylic acids is 1. The second kappa shape index (κ2) is 3.86. The lowest BCUT2D eigenvalue weighted by atomic mass is 9.46. The normalized spacial score (nSPS) is 48.4. The maximum absolute atomic E-state index is 11.3. The molecule has 2 fully saturated rings. The maximum Gasteiger partial charge on any atom is 0.302 e. The molecule has 3 aliphatic rings. The van der Waals surface area contributed by atoms with Gasteiger partial charge < -0.3 is 4.74 Å². The Hall–Kier alpha value is -0.790. The lowest BCUT2D eigenvalue weighted by molar-refractivity contribution is -0.172. The third-order valence-electron chi connectivity index (χ3n) is 6.30. The molecule has 2 saturated carbocycles. The van der Waals surface area contributed by atoms with Crippen LogP contribution >= 0.6 is 0 Å². The van der Waals surface area contributed by atoms with E-state index >= 15 is 0 Å². The number of fused-ring (bicyclic) bond motifs is 1. The highest BCUT2D eigenvalue weighted by Gasteiger charge is 2.61. The summed E-state index contributed by atoms with van der Waals surface area (Å²) < 4.78 is 5.63. The van der Waals surface area contributed by atoms with Gasteiger partial charge in [-0.2, -0.15) is 0 Å². The van der Waals surface area contributed by atoms with Gasteiger partial charge in [-0.05, 0) is 56.3 Å². The van der Waals surface area contributed by atoms with Crippen molar-refractivity contribution in [3.05, 3.63) is 11.6 Å². The lowest BCUT2D eigenvalue weighted by Crippen LogP contribution is -2.54. The molecular weight excluding hydrogens is 236 g/mol. The highest BCUT2D eigenvalue weighted by atomic mass is 16.5. The van der Waals surface area contributed by atoms with Gasteiger partial charge in [-0.15, -0.1) is 0 Å². The van der Waals surface area contributed by atoms with Crippen molar-refractivity contribution in [3.63, 3.8) is 0 Å². The third kappa shape index (κ3) is 1.79. The van der Waals surface area contributed by atoms with E-state index in [1.54, 1.807) is 12.5 Å². The Kier molecular flexibility index (Phi) is 2.69. The summed E-state index contributed by atoms with van der Waals surface area (Å²) in [6, 6.07) is 0. The zero-order valence-corrected chi connectivity index (χ0v) is 12.7. The van der Waals surface area contributed by atoms with Crippen molar-refractivity contribution < 1.29 is 9.53 Å². The molecule has 0 aromatic carbocycles. The SMILES string of the molecule is CC(=O)O[C@H]1CCC23C=C(C)CC2(C)CCC1(C)C3. The molecule has 2 bridgehead atoms. The fraction of sp³-hybridized carbons (Fsp3) is 0.824. The average Bonchev–Trinajstić information content (AvgIpc) is 2.53. The first kappa shape index (κ1) is 13.2. The molecule has 0 N–H and O–H groups in total. The van der Waals surface area contributed by atoms with Gasteiger partial charge in [0.15, 0.2) is 0 Å². The van der Waals surface area contributed by atoms with Crippen molar-refractivity contribution in [1.29, 1.82) is 0 Å². The predicted octanol–water partition coefficient (Wildman–Crippen LogP) is 4.24. The molecule has 3 aliphatic carbocycles. The molecule has 0 aliphatic heterocycles. The fourth-order valence-electron chi connectivity index (χ4n) is 5.34. The number of hydrogen-bond donors (Lipinski definition) is 0. The third-order valence-corrected chi connectivity index (χ3v) is 6.30. The quantitative estimate of drug-likeness (QED) is 0.522. The van der Waals surface area contributed by atoms with Crippen LogP contribution < -0.4 is 0 Å². The number of hydrogen-bond acceptors (Lipinski definition) is 2. The van der Waals surface area contributed by atoms with E-state index in [9.17, 15) is 4.79 Å². The number of carbonyl (C=O) groups is 1. The molecule has 3 rings (SSSR count). The average molecular weight is 262 g/mol. The van der Waals surface area contributed by atoms with Crippen molar-refractivity contribution in [1.82, 2.24) is 0 Å². The number of esters is 1. The van der Waals surface area contributed by atoms with Gasteiger partial charge in [-0.25, -0.2) is 0 Å².